The van der Waals surface area contributed by atoms with Crippen LogP contribution in [0, 0.1) is 5.92 Å². The smallest absolute Gasteiger partial charge is 0.326 e. The molecule has 5 heteroatoms. The monoisotopic (exact) mass is 228 g/mol. The van der Waals surface area contributed by atoms with E-state index >= 15 is 0 Å². The van der Waals surface area contributed by atoms with Crippen LogP contribution in [0.5, 0.6) is 0 Å². The van der Waals surface area contributed by atoms with Gasteiger partial charge in [0.15, 0.2) is 0 Å². The van der Waals surface area contributed by atoms with Gasteiger partial charge in [0.25, 0.3) is 0 Å². The molecule has 16 heavy (non-hydrogen) atoms. The fourth-order valence-electron chi connectivity index (χ4n) is 1.89. The Balaban J connectivity index is 2.44. The Morgan fingerprint density at radius 3 is 2.50 bits per heavy atom. The van der Waals surface area contributed by atoms with Crippen LogP contribution in [0.25, 0.3) is 0 Å². The van der Waals surface area contributed by atoms with Gasteiger partial charge < -0.3 is 15.3 Å². The highest BCUT2D eigenvalue weighted by Gasteiger charge is 2.38. The number of urea groups is 1. The maximum atomic E-state index is 11.7. The van der Waals surface area contributed by atoms with Crippen molar-refractivity contribution in [2.75, 3.05) is 7.05 Å². The molecular formula is C11H20N2O3. The van der Waals surface area contributed by atoms with Crippen LogP contribution in [0.3, 0.4) is 0 Å². The number of carboxylic acid groups (broad SMARTS) is 1. The highest BCUT2D eigenvalue weighted by Crippen LogP contribution is 2.33. The summed E-state index contributed by atoms with van der Waals surface area (Å²) in [5.41, 5.74) is 0. The van der Waals surface area contributed by atoms with E-state index in [1.807, 2.05) is 0 Å². The fraction of sp³-hybridized carbons (Fsp3) is 0.818. The molecule has 0 bridgehead atoms. The van der Waals surface area contributed by atoms with Crippen LogP contribution < -0.4 is 5.32 Å². The Bertz CT molecular complexity index is 280. The molecule has 5 nitrogen and oxygen atoms in total. The van der Waals surface area contributed by atoms with Crippen molar-refractivity contribution in [3.63, 3.8) is 0 Å². The first-order valence-corrected chi connectivity index (χ1v) is 5.77. The summed E-state index contributed by atoms with van der Waals surface area (Å²) in [4.78, 5) is 23.9. The topological polar surface area (TPSA) is 69.6 Å². The van der Waals surface area contributed by atoms with E-state index in [4.69, 9.17) is 5.11 Å². The van der Waals surface area contributed by atoms with Gasteiger partial charge in [-0.05, 0) is 18.8 Å². The van der Waals surface area contributed by atoms with E-state index in [0.717, 1.165) is 12.8 Å². The van der Waals surface area contributed by atoms with Gasteiger partial charge in [-0.3, -0.25) is 0 Å². The minimum Gasteiger partial charge on any atom is -0.480 e. The second kappa shape index (κ2) is 5.18. The largest absolute Gasteiger partial charge is 0.480 e. The minimum absolute atomic E-state index is 0.242. The van der Waals surface area contributed by atoms with Crippen LogP contribution >= 0.6 is 0 Å². The molecule has 1 aliphatic carbocycles. The van der Waals surface area contributed by atoms with Crippen molar-refractivity contribution in [3.8, 4) is 0 Å². The van der Waals surface area contributed by atoms with Crippen molar-refractivity contribution in [3.05, 3.63) is 0 Å². The molecule has 0 aromatic rings. The van der Waals surface area contributed by atoms with Crippen molar-refractivity contribution in [1.82, 2.24) is 10.2 Å². The third-order valence-electron chi connectivity index (χ3n) is 3.22. The summed E-state index contributed by atoms with van der Waals surface area (Å²) in [5, 5.41) is 11.8. The Morgan fingerprint density at radius 2 is 2.12 bits per heavy atom. The molecular weight excluding hydrogens is 208 g/mol. The second-order valence-electron chi connectivity index (χ2n) is 4.33. The molecule has 0 aromatic carbocycles. The lowest BCUT2D eigenvalue weighted by atomic mass is 10.2. The van der Waals surface area contributed by atoms with E-state index in [0.29, 0.717) is 12.3 Å². The van der Waals surface area contributed by atoms with Crippen molar-refractivity contribution >= 4 is 12.0 Å². The Morgan fingerprint density at radius 1 is 1.50 bits per heavy atom. The first-order chi connectivity index (χ1) is 7.51. The van der Waals surface area contributed by atoms with Crippen molar-refractivity contribution < 1.29 is 14.7 Å². The summed E-state index contributed by atoms with van der Waals surface area (Å²) in [6.45, 7) is 3.85. The van der Waals surface area contributed by atoms with E-state index in [2.05, 4.69) is 12.2 Å². The number of aliphatic carboxylic acids is 1. The summed E-state index contributed by atoms with van der Waals surface area (Å²) < 4.78 is 0. The molecule has 0 spiro atoms. The van der Waals surface area contributed by atoms with Crippen LogP contribution in [0.2, 0.25) is 0 Å². The minimum atomic E-state index is -0.956. The number of nitrogens with zero attached hydrogens (tertiary/aromatic N) is 1. The predicted molar refractivity (Wildman–Crippen MR) is 60.2 cm³/mol. The van der Waals surface area contributed by atoms with Crippen LogP contribution in [-0.2, 0) is 4.79 Å². The molecule has 1 aliphatic rings. The molecule has 0 heterocycles. The van der Waals surface area contributed by atoms with Crippen molar-refractivity contribution in [1.29, 1.82) is 0 Å². The molecule has 0 aliphatic heterocycles. The molecule has 0 aromatic heterocycles. The SMILES string of the molecule is CCC1CC1NC(=O)N(C)C(CC)C(=O)O. The summed E-state index contributed by atoms with van der Waals surface area (Å²) in [6, 6.07) is -0.778. The average Bonchev–Trinajstić information content (AvgIpc) is 2.96. The van der Waals surface area contributed by atoms with Crippen molar-refractivity contribution in [2.45, 2.75) is 45.2 Å². The predicted octanol–water partition coefficient (Wildman–Crippen LogP) is 1.29. The lowest BCUT2D eigenvalue weighted by Gasteiger charge is -2.24. The zero-order chi connectivity index (χ0) is 12.3. The van der Waals surface area contributed by atoms with E-state index in [9.17, 15) is 9.59 Å². The number of amides is 2. The zero-order valence-corrected chi connectivity index (χ0v) is 10.1. The third kappa shape index (κ3) is 2.87. The molecule has 1 fully saturated rings. The van der Waals surface area contributed by atoms with Gasteiger partial charge in [0, 0.05) is 13.1 Å². The highest BCUT2D eigenvalue weighted by molar-refractivity contribution is 5.82. The second-order valence-corrected chi connectivity index (χ2v) is 4.33. The molecule has 0 radical (unpaired) electrons. The molecule has 1 rings (SSSR count). The summed E-state index contributed by atoms with van der Waals surface area (Å²) >= 11 is 0. The van der Waals surface area contributed by atoms with E-state index < -0.39 is 12.0 Å². The number of hydrogen-bond donors (Lipinski definition) is 2. The van der Waals surface area contributed by atoms with Crippen LogP contribution in [0.1, 0.15) is 33.1 Å². The Kier molecular flexibility index (Phi) is 4.15. The number of rotatable bonds is 5. The number of carbonyl (C=O) groups is 2. The lowest BCUT2D eigenvalue weighted by molar-refractivity contribution is -0.141. The maximum Gasteiger partial charge on any atom is 0.326 e. The van der Waals surface area contributed by atoms with Gasteiger partial charge in [-0.1, -0.05) is 20.3 Å². The maximum absolute atomic E-state index is 11.7. The molecule has 0 saturated heterocycles. The molecule has 3 unspecified atom stereocenters. The first-order valence-electron chi connectivity index (χ1n) is 5.77. The Hall–Kier alpha value is -1.26. The zero-order valence-electron chi connectivity index (χ0n) is 10.1. The number of likely N-dealkylation sites (N-methyl/N-ethyl adjacent to an activating group) is 1. The highest BCUT2D eigenvalue weighted by atomic mass is 16.4. The van der Waals surface area contributed by atoms with Crippen molar-refractivity contribution in [2.24, 2.45) is 5.92 Å². The molecule has 92 valence electrons. The average molecular weight is 228 g/mol. The summed E-state index contributed by atoms with van der Waals surface area (Å²) in [7, 11) is 1.53. The summed E-state index contributed by atoms with van der Waals surface area (Å²) in [6.07, 6.45) is 2.49. The third-order valence-corrected chi connectivity index (χ3v) is 3.22. The van der Waals surface area contributed by atoms with Crippen LogP contribution in [0.15, 0.2) is 0 Å². The van der Waals surface area contributed by atoms with Gasteiger partial charge in [-0.2, -0.15) is 0 Å². The number of carbonyl (C=O) groups excluding carboxylic acids is 1. The normalized spacial score (nSPS) is 24.7. The molecule has 2 N–H and O–H groups in total. The van der Waals surface area contributed by atoms with E-state index in [1.54, 1.807) is 6.92 Å². The van der Waals surface area contributed by atoms with E-state index in [1.165, 1.54) is 11.9 Å². The van der Waals surface area contributed by atoms with Gasteiger partial charge in [0.2, 0.25) is 0 Å². The number of nitrogens with one attached hydrogen (secondary N) is 1. The summed E-state index contributed by atoms with van der Waals surface area (Å²) in [5.74, 6) is -0.384. The molecule has 2 amide bonds. The van der Waals surface area contributed by atoms with Gasteiger partial charge >= 0.3 is 12.0 Å². The number of hydrogen-bond acceptors (Lipinski definition) is 2. The van der Waals surface area contributed by atoms with Gasteiger partial charge in [-0.15, -0.1) is 0 Å². The molecule has 1 saturated carbocycles. The van der Waals surface area contributed by atoms with Gasteiger partial charge in [0.1, 0.15) is 6.04 Å². The van der Waals surface area contributed by atoms with Gasteiger partial charge in [-0.25, -0.2) is 9.59 Å². The quantitative estimate of drug-likeness (QED) is 0.745. The van der Waals surface area contributed by atoms with Crippen LogP contribution in [-0.4, -0.2) is 41.1 Å². The standard InChI is InChI=1S/C11H20N2O3/c1-4-7-6-8(7)12-11(16)13(3)9(5-2)10(14)15/h7-9H,4-6H2,1-3H3,(H,12,16)(H,14,15). The lowest BCUT2D eigenvalue weighted by Crippen LogP contribution is -2.47. The van der Waals surface area contributed by atoms with Gasteiger partial charge in [0.05, 0.1) is 0 Å². The number of carboxylic acids is 1. The van der Waals surface area contributed by atoms with E-state index in [-0.39, 0.29) is 12.1 Å². The first kappa shape index (κ1) is 12.8. The fourth-order valence-corrected chi connectivity index (χ4v) is 1.89. The molecule has 3 atom stereocenters. The van der Waals surface area contributed by atoms with Crippen LogP contribution in [0.4, 0.5) is 4.79 Å². The Labute approximate surface area is 95.8 Å².